The molecule has 0 unspecified atom stereocenters. The van der Waals surface area contributed by atoms with Gasteiger partial charge in [-0.05, 0) is 74.2 Å². The number of ether oxygens (including phenoxy) is 4. The minimum Gasteiger partial charge on any atom is -0.493 e. The molecule has 0 N–H and O–H groups in total. The Kier molecular flexibility index (Phi) is 4.88. The van der Waals surface area contributed by atoms with Crippen LogP contribution >= 0.6 is 0 Å². The fourth-order valence-electron chi connectivity index (χ4n) is 4.57. The van der Waals surface area contributed by atoms with E-state index in [9.17, 15) is 0 Å². The van der Waals surface area contributed by atoms with E-state index in [1.54, 1.807) is 21.3 Å². The number of fused-ring (bicyclic) bond motifs is 2. The Morgan fingerprint density at radius 1 is 0.929 bits per heavy atom. The SMILES string of the molecule is COc1cc2c(cc1OC)-c1c(OC)c(OC(C)C)cc3c1[C@H](C2)N(C)CC3. The van der Waals surface area contributed by atoms with Gasteiger partial charge in [0.2, 0.25) is 0 Å². The monoisotopic (exact) mass is 383 g/mol. The minimum absolute atomic E-state index is 0.0784. The fourth-order valence-corrected chi connectivity index (χ4v) is 4.57. The molecule has 2 aliphatic rings. The summed E-state index contributed by atoms with van der Waals surface area (Å²) in [5.41, 5.74) is 6.24. The van der Waals surface area contributed by atoms with E-state index >= 15 is 0 Å². The van der Waals surface area contributed by atoms with Gasteiger partial charge >= 0.3 is 0 Å². The van der Waals surface area contributed by atoms with Gasteiger partial charge < -0.3 is 18.9 Å². The molecule has 28 heavy (non-hydrogen) atoms. The van der Waals surface area contributed by atoms with Gasteiger partial charge in [-0.3, -0.25) is 4.90 Å². The van der Waals surface area contributed by atoms with Crippen molar-refractivity contribution in [2.45, 2.75) is 38.8 Å². The molecule has 0 spiro atoms. The highest BCUT2D eigenvalue weighted by Crippen LogP contribution is 2.54. The van der Waals surface area contributed by atoms with Crippen LogP contribution in [0.4, 0.5) is 0 Å². The summed E-state index contributed by atoms with van der Waals surface area (Å²) in [5.74, 6) is 3.12. The maximum Gasteiger partial charge on any atom is 0.168 e. The number of hydrogen-bond donors (Lipinski definition) is 0. The Labute approximate surface area is 167 Å². The average molecular weight is 383 g/mol. The van der Waals surface area contributed by atoms with E-state index in [0.29, 0.717) is 6.04 Å². The molecular weight excluding hydrogens is 354 g/mol. The third-order valence-corrected chi connectivity index (χ3v) is 5.83. The Hall–Kier alpha value is -2.40. The van der Waals surface area contributed by atoms with Crippen LogP contribution in [0.3, 0.4) is 0 Å². The van der Waals surface area contributed by atoms with E-state index in [1.807, 2.05) is 13.8 Å². The predicted octanol–water partition coefficient (Wildman–Crippen LogP) is 4.25. The number of nitrogens with zero attached hydrogens (tertiary/aromatic N) is 1. The van der Waals surface area contributed by atoms with Gasteiger partial charge in [-0.1, -0.05) is 0 Å². The number of benzene rings is 2. The van der Waals surface area contributed by atoms with Gasteiger partial charge in [-0.25, -0.2) is 0 Å². The summed E-state index contributed by atoms with van der Waals surface area (Å²) in [4.78, 5) is 2.44. The molecule has 0 saturated carbocycles. The zero-order chi connectivity index (χ0) is 20.0. The maximum absolute atomic E-state index is 6.15. The van der Waals surface area contributed by atoms with Crippen molar-refractivity contribution in [2.24, 2.45) is 0 Å². The van der Waals surface area contributed by atoms with Crippen LogP contribution in [0.2, 0.25) is 0 Å². The molecule has 150 valence electrons. The summed E-state index contributed by atoms with van der Waals surface area (Å²) in [7, 11) is 7.28. The summed E-state index contributed by atoms with van der Waals surface area (Å²) < 4.78 is 23.2. The molecule has 1 atom stereocenters. The van der Waals surface area contributed by atoms with Crippen LogP contribution in [-0.4, -0.2) is 45.9 Å². The molecule has 1 heterocycles. The lowest BCUT2D eigenvalue weighted by molar-refractivity contribution is 0.218. The molecule has 2 aromatic rings. The second-order valence-electron chi connectivity index (χ2n) is 7.84. The van der Waals surface area contributed by atoms with Gasteiger partial charge in [0, 0.05) is 18.2 Å². The van der Waals surface area contributed by atoms with E-state index < -0.39 is 0 Å². The lowest BCUT2D eigenvalue weighted by Gasteiger charge is -2.40. The van der Waals surface area contributed by atoms with E-state index in [2.05, 4.69) is 30.1 Å². The van der Waals surface area contributed by atoms with Gasteiger partial charge in [0.05, 0.1) is 27.4 Å². The first-order chi connectivity index (χ1) is 13.5. The molecule has 1 aliphatic heterocycles. The molecule has 5 heteroatoms. The van der Waals surface area contributed by atoms with Crippen molar-refractivity contribution in [1.82, 2.24) is 4.90 Å². The van der Waals surface area contributed by atoms with Gasteiger partial charge in [0.1, 0.15) is 0 Å². The summed E-state index contributed by atoms with van der Waals surface area (Å²) in [6, 6.07) is 6.69. The average Bonchev–Trinajstić information content (AvgIpc) is 2.68. The smallest absolute Gasteiger partial charge is 0.168 e. The first-order valence-corrected chi connectivity index (χ1v) is 9.84. The Balaban J connectivity index is 2.03. The minimum atomic E-state index is 0.0784. The summed E-state index contributed by atoms with van der Waals surface area (Å²) in [5, 5.41) is 0. The van der Waals surface area contributed by atoms with Crippen molar-refractivity contribution in [2.75, 3.05) is 34.9 Å². The van der Waals surface area contributed by atoms with Gasteiger partial charge in [0.15, 0.2) is 23.0 Å². The molecule has 0 saturated heterocycles. The van der Waals surface area contributed by atoms with Gasteiger partial charge in [0.25, 0.3) is 0 Å². The van der Waals surface area contributed by atoms with Crippen molar-refractivity contribution >= 4 is 0 Å². The highest BCUT2D eigenvalue weighted by Gasteiger charge is 2.37. The number of likely N-dealkylation sites (N-methyl/N-ethyl adjacent to an activating group) is 1. The fraction of sp³-hybridized carbons (Fsp3) is 0.478. The summed E-state index contributed by atoms with van der Waals surface area (Å²) >= 11 is 0. The summed E-state index contributed by atoms with van der Waals surface area (Å²) in [6.45, 7) is 5.12. The van der Waals surface area contributed by atoms with Crippen molar-refractivity contribution in [1.29, 1.82) is 0 Å². The molecule has 0 fully saturated rings. The Morgan fingerprint density at radius 2 is 1.61 bits per heavy atom. The third-order valence-electron chi connectivity index (χ3n) is 5.83. The quantitative estimate of drug-likeness (QED) is 0.772. The molecule has 0 bridgehead atoms. The second kappa shape index (κ2) is 7.21. The lowest BCUT2D eigenvalue weighted by atomic mass is 9.76. The van der Waals surface area contributed by atoms with Crippen LogP contribution in [0.15, 0.2) is 18.2 Å². The topological polar surface area (TPSA) is 40.2 Å². The molecule has 0 amide bonds. The van der Waals surface area contributed by atoms with Crippen molar-refractivity contribution in [3.05, 3.63) is 34.9 Å². The largest absolute Gasteiger partial charge is 0.493 e. The van der Waals surface area contributed by atoms with E-state index in [1.165, 1.54) is 16.7 Å². The van der Waals surface area contributed by atoms with E-state index in [4.69, 9.17) is 18.9 Å². The van der Waals surface area contributed by atoms with Crippen molar-refractivity contribution in [3.8, 4) is 34.1 Å². The maximum atomic E-state index is 6.15. The molecule has 2 aromatic carbocycles. The normalized spacial score (nSPS) is 17.8. The molecule has 0 aromatic heterocycles. The molecular formula is C23H29NO4. The number of hydrogen-bond acceptors (Lipinski definition) is 5. The van der Waals surface area contributed by atoms with Crippen LogP contribution in [0.1, 0.15) is 36.6 Å². The van der Waals surface area contributed by atoms with Crippen LogP contribution in [-0.2, 0) is 12.8 Å². The molecule has 0 radical (unpaired) electrons. The second-order valence-corrected chi connectivity index (χ2v) is 7.84. The molecule has 5 nitrogen and oxygen atoms in total. The van der Waals surface area contributed by atoms with Crippen LogP contribution in [0.25, 0.3) is 11.1 Å². The predicted molar refractivity (Wildman–Crippen MR) is 110 cm³/mol. The van der Waals surface area contributed by atoms with Crippen molar-refractivity contribution in [3.63, 3.8) is 0 Å². The van der Waals surface area contributed by atoms with Gasteiger partial charge in [-0.15, -0.1) is 0 Å². The van der Waals surface area contributed by atoms with E-state index in [-0.39, 0.29) is 6.10 Å². The zero-order valence-corrected chi connectivity index (χ0v) is 17.6. The van der Waals surface area contributed by atoms with Gasteiger partial charge in [-0.2, -0.15) is 0 Å². The third kappa shape index (κ3) is 2.89. The Bertz CT molecular complexity index is 906. The number of rotatable bonds is 5. The first kappa shape index (κ1) is 18.9. The summed E-state index contributed by atoms with van der Waals surface area (Å²) in [6.07, 6.45) is 2.03. The highest BCUT2D eigenvalue weighted by atomic mass is 16.5. The standard InChI is InChI=1S/C23H29NO4/c1-13(2)28-20-10-14-7-8-24(3)17-9-15-11-18(25-4)19(26-5)12-16(15)22(21(14)17)23(20)27-6/h10-13,17H,7-9H2,1-6H3/t17-/m0/s1. The highest BCUT2D eigenvalue weighted by molar-refractivity contribution is 5.85. The first-order valence-electron chi connectivity index (χ1n) is 9.84. The molecule has 4 rings (SSSR count). The lowest BCUT2D eigenvalue weighted by Crippen LogP contribution is -2.35. The van der Waals surface area contributed by atoms with E-state index in [0.717, 1.165) is 53.5 Å². The van der Waals surface area contributed by atoms with Crippen LogP contribution < -0.4 is 18.9 Å². The van der Waals surface area contributed by atoms with Crippen molar-refractivity contribution < 1.29 is 18.9 Å². The zero-order valence-electron chi connectivity index (χ0n) is 17.6. The van der Waals surface area contributed by atoms with Crippen LogP contribution in [0.5, 0.6) is 23.0 Å². The molecule has 1 aliphatic carbocycles. The number of methoxy groups -OCH3 is 3. The van der Waals surface area contributed by atoms with Crippen LogP contribution in [0, 0.1) is 0 Å². The Morgan fingerprint density at radius 3 is 2.25 bits per heavy atom.